The highest BCUT2D eigenvalue weighted by molar-refractivity contribution is 6.62. The molecular formula is C18H27BO. The number of ether oxygens (including phenoxy) is 1. The highest BCUT2D eigenvalue weighted by Gasteiger charge is 2.38. The largest absolute Gasteiger partial charge is 0.377 e. The van der Waals surface area contributed by atoms with E-state index in [2.05, 4.69) is 30.3 Å². The average molecular weight is 270 g/mol. The molecule has 1 nitrogen and oxygen atoms in total. The van der Waals surface area contributed by atoms with Crippen molar-refractivity contribution < 1.29 is 4.74 Å². The van der Waals surface area contributed by atoms with Gasteiger partial charge in [-0.2, -0.15) is 0 Å². The summed E-state index contributed by atoms with van der Waals surface area (Å²) in [5, 5.41) is 0. The van der Waals surface area contributed by atoms with Gasteiger partial charge in [-0.15, -0.1) is 0 Å². The molecule has 3 rings (SSSR count). The van der Waals surface area contributed by atoms with Gasteiger partial charge in [0.25, 0.3) is 0 Å². The fourth-order valence-electron chi connectivity index (χ4n) is 4.47. The van der Waals surface area contributed by atoms with Crippen molar-refractivity contribution in [1.82, 2.24) is 0 Å². The van der Waals surface area contributed by atoms with Crippen molar-refractivity contribution in [2.24, 2.45) is 0 Å². The van der Waals surface area contributed by atoms with Crippen LogP contribution in [0.4, 0.5) is 0 Å². The first kappa shape index (κ1) is 14.2. The lowest BCUT2D eigenvalue weighted by Gasteiger charge is -2.40. The van der Waals surface area contributed by atoms with E-state index in [0.717, 1.165) is 31.6 Å². The average Bonchev–Trinajstić information content (AvgIpc) is 2.47. The molecule has 2 bridgehead atoms. The summed E-state index contributed by atoms with van der Waals surface area (Å²) in [6, 6.07) is 10.5. The van der Waals surface area contributed by atoms with Gasteiger partial charge in [0, 0.05) is 6.61 Å². The summed E-state index contributed by atoms with van der Waals surface area (Å²) in [6.07, 6.45) is 11.7. The van der Waals surface area contributed by atoms with Crippen molar-refractivity contribution >= 4 is 6.71 Å². The molecule has 108 valence electrons. The molecule has 0 unspecified atom stereocenters. The summed E-state index contributed by atoms with van der Waals surface area (Å²) < 4.78 is 5.83. The van der Waals surface area contributed by atoms with Crippen LogP contribution in [0.3, 0.4) is 0 Å². The van der Waals surface area contributed by atoms with E-state index in [1.54, 1.807) is 0 Å². The first-order valence-corrected chi connectivity index (χ1v) is 8.55. The molecule has 1 aromatic carbocycles. The molecule has 2 aliphatic rings. The van der Waals surface area contributed by atoms with Crippen molar-refractivity contribution in [1.29, 1.82) is 0 Å². The molecule has 0 spiro atoms. The second-order valence-corrected chi connectivity index (χ2v) is 6.73. The van der Waals surface area contributed by atoms with Crippen molar-refractivity contribution in [2.45, 2.75) is 69.5 Å². The summed E-state index contributed by atoms with van der Waals surface area (Å²) in [4.78, 5) is 0. The Labute approximate surface area is 124 Å². The minimum Gasteiger partial charge on any atom is -0.377 e. The number of fused-ring (bicyclic) bond motifs is 2. The lowest BCUT2D eigenvalue weighted by molar-refractivity contribution is 0.121. The predicted molar refractivity (Wildman–Crippen MR) is 86.5 cm³/mol. The Hall–Kier alpha value is -0.755. The predicted octanol–water partition coefficient (Wildman–Crippen LogP) is 5.20. The van der Waals surface area contributed by atoms with Gasteiger partial charge in [-0.1, -0.05) is 86.8 Å². The number of hydrogen-bond acceptors (Lipinski definition) is 1. The van der Waals surface area contributed by atoms with Gasteiger partial charge < -0.3 is 4.74 Å². The monoisotopic (exact) mass is 270 g/mol. The molecule has 2 aliphatic heterocycles. The van der Waals surface area contributed by atoms with Crippen LogP contribution in [0.25, 0.3) is 0 Å². The lowest BCUT2D eigenvalue weighted by atomic mass is 9.26. The second-order valence-electron chi connectivity index (χ2n) is 6.73. The molecule has 0 N–H and O–H groups in total. The van der Waals surface area contributed by atoms with Gasteiger partial charge in [0.15, 0.2) is 0 Å². The Morgan fingerprint density at radius 1 is 0.950 bits per heavy atom. The highest BCUT2D eigenvalue weighted by Crippen LogP contribution is 2.47. The maximum absolute atomic E-state index is 5.83. The van der Waals surface area contributed by atoms with Crippen LogP contribution in [0.5, 0.6) is 0 Å². The Balaban J connectivity index is 1.35. The van der Waals surface area contributed by atoms with Crippen LogP contribution in [0.15, 0.2) is 30.3 Å². The van der Waals surface area contributed by atoms with Gasteiger partial charge in [0.1, 0.15) is 6.71 Å². The third kappa shape index (κ3) is 3.66. The molecule has 0 atom stereocenters. The fourth-order valence-corrected chi connectivity index (χ4v) is 4.47. The van der Waals surface area contributed by atoms with Gasteiger partial charge >= 0.3 is 0 Å². The minimum absolute atomic E-state index is 0.776. The van der Waals surface area contributed by atoms with Crippen LogP contribution >= 0.6 is 0 Å². The van der Waals surface area contributed by atoms with Crippen LogP contribution < -0.4 is 0 Å². The minimum atomic E-state index is 0.776. The third-order valence-electron chi connectivity index (χ3n) is 5.45. The van der Waals surface area contributed by atoms with Crippen LogP contribution in [0.2, 0.25) is 18.0 Å². The van der Waals surface area contributed by atoms with Gasteiger partial charge in [0.2, 0.25) is 0 Å². The van der Waals surface area contributed by atoms with Crippen molar-refractivity contribution in [3.05, 3.63) is 35.9 Å². The summed E-state index contributed by atoms with van der Waals surface area (Å²) in [6.45, 7) is 2.74. The molecule has 2 heterocycles. The van der Waals surface area contributed by atoms with E-state index in [1.807, 2.05) is 0 Å². The molecule has 0 saturated carbocycles. The van der Waals surface area contributed by atoms with Crippen LogP contribution in [-0.2, 0) is 11.3 Å². The molecule has 2 saturated heterocycles. The van der Waals surface area contributed by atoms with Crippen LogP contribution in [0.1, 0.15) is 50.5 Å². The molecule has 2 fully saturated rings. The summed E-state index contributed by atoms with van der Waals surface area (Å²) in [5.41, 5.74) is 1.29. The van der Waals surface area contributed by atoms with Crippen molar-refractivity contribution in [2.75, 3.05) is 6.61 Å². The van der Waals surface area contributed by atoms with Gasteiger partial charge in [-0.05, 0) is 12.0 Å². The standard InChI is InChI=1S/C18H27BO/c1-2-7-16(8-3-1)15-20-14-6-13-19-17-9-4-10-18(19)12-5-11-17/h1-3,7-8,17-18H,4-6,9-15H2. The zero-order valence-electron chi connectivity index (χ0n) is 12.6. The zero-order chi connectivity index (χ0) is 13.6. The molecule has 0 amide bonds. The van der Waals surface area contributed by atoms with E-state index < -0.39 is 0 Å². The Morgan fingerprint density at radius 2 is 1.60 bits per heavy atom. The van der Waals surface area contributed by atoms with E-state index in [-0.39, 0.29) is 0 Å². The van der Waals surface area contributed by atoms with Crippen LogP contribution in [0, 0.1) is 0 Å². The Bertz CT molecular complexity index is 370. The smallest absolute Gasteiger partial charge is 0.146 e. The Kier molecular flexibility index (Phi) is 5.19. The second kappa shape index (κ2) is 7.31. The summed E-state index contributed by atoms with van der Waals surface area (Å²) in [5.74, 6) is 2.10. The van der Waals surface area contributed by atoms with E-state index in [1.165, 1.54) is 56.8 Å². The van der Waals surface area contributed by atoms with E-state index in [9.17, 15) is 0 Å². The summed E-state index contributed by atoms with van der Waals surface area (Å²) >= 11 is 0. The molecule has 2 heteroatoms. The maximum atomic E-state index is 5.83. The first-order valence-electron chi connectivity index (χ1n) is 8.55. The molecule has 0 aromatic heterocycles. The zero-order valence-corrected chi connectivity index (χ0v) is 12.6. The van der Waals surface area contributed by atoms with Crippen molar-refractivity contribution in [3.63, 3.8) is 0 Å². The van der Waals surface area contributed by atoms with Gasteiger partial charge in [-0.3, -0.25) is 0 Å². The normalized spacial score (nSPS) is 25.7. The van der Waals surface area contributed by atoms with Crippen molar-refractivity contribution in [3.8, 4) is 0 Å². The van der Waals surface area contributed by atoms with Gasteiger partial charge in [0.05, 0.1) is 6.61 Å². The highest BCUT2D eigenvalue weighted by atomic mass is 16.5. The van der Waals surface area contributed by atoms with Gasteiger partial charge in [-0.25, -0.2) is 0 Å². The molecule has 0 aliphatic carbocycles. The third-order valence-corrected chi connectivity index (χ3v) is 5.45. The lowest BCUT2D eigenvalue weighted by Crippen LogP contribution is -2.34. The SMILES string of the molecule is c1ccc(COCCCB2C3CCCC2CCC3)cc1. The topological polar surface area (TPSA) is 9.23 Å². The molecule has 20 heavy (non-hydrogen) atoms. The molecule has 1 aromatic rings. The van der Waals surface area contributed by atoms with E-state index in [4.69, 9.17) is 4.74 Å². The number of rotatable bonds is 6. The molecule has 0 radical (unpaired) electrons. The number of benzene rings is 1. The number of hydrogen-bond donors (Lipinski definition) is 0. The van der Waals surface area contributed by atoms with Crippen LogP contribution in [-0.4, -0.2) is 13.3 Å². The van der Waals surface area contributed by atoms with E-state index in [0.29, 0.717) is 0 Å². The Morgan fingerprint density at radius 3 is 2.25 bits per heavy atom. The maximum Gasteiger partial charge on any atom is 0.146 e. The summed E-state index contributed by atoms with van der Waals surface area (Å²) in [7, 11) is 0. The quantitative estimate of drug-likeness (QED) is 0.510. The molecular weight excluding hydrogens is 243 g/mol. The van der Waals surface area contributed by atoms with E-state index >= 15 is 0 Å². The fraction of sp³-hybridized carbons (Fsp3) is 0.667. The first-order chi connectivity index (χ1) is 9.93.